The van der Waals surface area contributed by atoms with E-state index in [1.807, 2.05) is 18.2 Å². The van der Waals surface area contributed by atoms with Crippen molar-refractivity contribution in [2.75, 3.05) is 35.0 Å². The van der Waals surface area contributed by atoms with Crippen LogP contribution in [-0.2, 0) is 19.4 Å². The highest BCUT2D eigenvalue weighted by atomic mass is 16.5. The van der Waals surface area contributed by atoms with E-state index in [-0.39, 0.29) is 18.0 Å². The summed E-state index contributed by atoms with van der Waals surface area (Å²) in [5.74, 6) is 1.88. The lowest BCUT2D eigenvalue weighted by Gasteiger charge is -2.28. The van der Waals surface area contributed by atoms with E-state index < -0.39 is 17.3 Å². The van der Waals surface area contributed by atoms with E-state index in [2.05, 4.69) is 10.3 Å². The van der Waals surface area contributed by atoms with Crippen molar-refractivity contribution in [2.24, 2.45) is 0 Å². The minimum atomic E-state index is -0.680. The molecular formula is C25H29N3O7. The van der Waals surface area contributed by atoms with Gasteiger partial charge in [0.05, 0.1) is 40.0 Å². The predicted molar refractivity (Wildman–Crippen MR) is 129 cm³/mol. The fourth-order valence-corrected chi connectivity index (χ4v) is 4.46. The van der Waals surface area contributed by atoms with Crippen LogP contribution in [0.15, 0.2) is 39.9 Å². The molecule has 1 aromatic heterocycles. The van der Waals surface area contributed by atoms with Crippen LogP contribution in [0.3, 0.4) is 0 Å². The Morgan fingerprint density at radius 2 is 1.60 bits per heavy atom. The average molecular weight is 484 g/mol. The van der Waals surface area contributed by atoms with Crippen LogP contribution in [0.1, 0.15) is 28.3 Å². The number of rotatable bonds is 8. The lowest BCUT2D eigenvalue weighted by Crippen LogP contribution is -2.39. The summed E-state index contributed by atoms with van der Waals surface area (Å²) in [5.41, 5.74) is 1.37. The van der Waals surface area contributed by atoms with Gasteiger partial charge in [-0.15, -0.1) is 0 Å². The van der Waals surface area contributed by atoms with Crippen molar-refractivity contribution in [1.29, 1.82) is 0 Å². The van der Waals surface area contributed by atoms with E-state index in [9.17, 15) is 14.7 Å². The zero-order valence-corrected chi connectivity index (χ0v) is 20.1. The molecule has 10 heteroatoms. The van der Waals surface area contributed by atoms with E-state index in [0.717, 1.165) is 16.7 Å². The van der Waals surface area contributed by atoms with Crippen molar-refractivity contribution in [3.05, 3.63) is 73.4 Å². The number of aromatic hydroxyl groups is 1. The molecule has 186 valence electrons. The Balaban J connectivity index is 1.72. The maximum Gasteiger partial charge on any atom is 0.331 e. The maximum absolute atomic E-state index is 12.9. The second-order valence-electron chi connectivity index (χ2n) is 8.13. The van der Waals surface area contributed by atoms with Gasteiger partial charge in [-0.05, 0) is 53.8 Å². The van der Waals surface area contributed by atoms with E-state index in [1.54, 1.807) is 33.5 Å². The van der Waals surface area contributed by atoms with Crippen LogP contribution in [-0.4, -0.2) is 49.6 Å². The molecule has 10 nitrogen and oxygen atoms in total. The van der Waals surface area contributed by atoms with Gasteiger partial charge in [0.2, 0.25) is 5.88 Å². The number of fused-ring (bicyclic) bond motifs is 1. The summed E-state index contributed by atoms with van der Waals surface area (Å²) >= 11 is 0. The summed E-state index contributed by atoms with van der Waals surface area (Å²) in [5, 5.41) is 14.4. The van der Waals surface area contributed by atoms with Gasteiger partial charge in [-0.2, -0.15) is 0 Å². The molecule has 0 amide bonds. The SMILES string of the molecule is COc1ccc(CCn2c(O)c([C@@H]3NCCc4cc(OC)c(OC)cc43)c(=O)[nH]c2=O)cc1OC. The summed E-state index contributed by atoms with van der Waals surface area (Å²) in [6.07, 6.45) is 1.13. The first-order valence-corrected chi connectivity index (χ1v) is 11.2. The molecule has 1 atom stereocenters. The Hall–Kier alpha value is -3.92. The summed E-state index contributed by atoms with van der Waals surface area (Å²) in [7, 11) is 6.20. The summed E-state index contributed by atoms with van der Waals surface area (Å²) in [4.78, 5) is 27.8. The molecular weight excluding hydrogens is 454 g/mol. The van der Waals surface area contributed by atoms with Crippen molar-refractivity contribution >= 4 is 0 Å². The molecule has 0 aliphatic carbocycles. The number of aromatic amines is 1. The molecule has 0 spiro atoms. The minimum absolute atomic E-state index is 0.0741. The number of nitrogens with zero attached hydrogens (tertiary/aromatic N) is 1. The Morgan fingerprint density at radius 1 is 0.943 bits per heavy atom. The highest BCUT2D eigenvalue weighted by Gasteiger charge is 2.30. The largest absolute Gasteiger partial charge is 0.494 e. The van der Waals surface area contributed by atoms with E-state index in [0.29, 0.717) is 42.4 Å². The van der Waals surface area contributed by atoms with Gasteiger partial charge in [0.15, 0.2) is 23.0 Å². The van der Waals surface area contributed by atoms with Gasteiger partial charge < -0.3 is 29.4 Å². The van der Waals surface area contributed by atoms with Gasteiger partial charge >= 0.3 is 5.69 Å². The van der Waals surface area contributed by atoms with Crippen LogP contribution in [0.4, 0.5) is 0 Å². The monoisotopic (exact) mass is 483 g/mol. The van der Waals surface area contributed by atoms with Gasteiger partial charge in [0.1, 0.15) is 0 Å². The van der Waals surface area contributed by atoms with Crippen molar-refractivity contribution in [2.45, 2.75) is 25.4 Å². The highest BCUT2D eigenvalue weighted by molar-refractivity contribution is 5.52. The second-order valence-corrected chi connectivity index (χ2v) is 8.13. The van der Waals surface area contributed by atoms with E-state index in [4.69, 9.17) is 18.9 Å². The van der Waals surface area contributed by atoms with Crippen LogP contribution in [0.5, 0.6) is 28.9 Å². The minimum Gasteiger partial charge on any atom is -0.494 e. The van der Waals surface area contributed by atoms with Crippen molar-refractivity contribution in [3.63, 3.8) is 0 Å². The van der Waals surface area contributed by atoms with E-state index >= 15 is 0 Å². The van der Waals surface area contributed by atoms with Gasteiger partial charge in [-0.3, -0.25) is 14.3 Å². The number of ether oxygens (including phenoxy) is 4. The van der Waals surface area contributed by atoms with Crippen molar-refractivity contribution in [1.82, 2.24) is 14.9 Å². The predicted octanol–water partition coefficient (Wildman–Crippen LogP) is 1.75. The third-order valence-corrected chi connectivity index (χ3v) is 6.27. The first-order valence-electron chi connectivity index (χ1n) is 11.2. The third kappa shape index (κ3) is 4.57. The van der Waals surface area contributed by atoms with Crippen LogP contribution >= 0.6 is 0 Å². The quantitative estimate of drug-likeness (QED) is 0.443. The van der Waals surface area contributed by atoms with Crippen LogP contribution in [0.25, 0.3) is 0 Å². The lowest BCUT2D eigenvalue weighted by molar-refractivity contribution is 0.352. The molecule has 0 saturated heterocycles. The zero-order chi connectivity index (χ0) is 25.1. The van der Waals surface area contributed by atoms with Crippen LogP contribution in [0, 0.1) is 0 Å². The normalized spacial score (nSPS) is 14.8. The summed E-state index contributed by atoms with van der Waals surface area (Å²) < 4.78 is 22.6. The number of aromatic nitrogens is 2. The molecule has 1 aliphatic rings. The van der Waals surface area contributed by atoms with Crippen molar-refractivity contribution in [3.8, 4) is 28.9 Å². The fourth-order valence-electron chi connectivity index (χ4n) is 4.46. The Bertz CT molecular complexity index is 1350. The molecule has 1 aliphatic heterocycles. The number of hydrogen-bond donors (Lipinski definition) is 3. The van der Waals surface area contributed by atoms with E-state index in [1.165, 1.54) is 11.7 Å². The summed E-state index contributed by atoms with van der Waals surface area (Å²) in [6, 6.07) is 8.49. The average Bonchev–Trinajstić information content (AvgIpc) is 2.87. The van der Waals surface area contributed by atoms with Gasteiger partial charge in [-0.25, -0.2) is 4.79 Å². The molecule has 0 unspecified atom stereocenters. The number of benzene rings is 2. The second kappa shape index (κ2) is 10.1. The molecule has 0 radical (unpaired) electrons. The molecule has 3 N–H and O–H groups in total. The van der Waals surface area contributed by atoms with Crippen molar-refractivity contribution < 1.29 is 24.1 Å². The zero-order valence-electron chi connectivity index (χ0n) is 20.1. The number of methoxy groups -OCH3 is 4. The molecule has 0 bridgehead atoms. The molecule has 0 fully saturated rings. The lowest BCUT2D eigenvalue weighted by atomic mass is 9.90. The first-order chi connectivity index (χ1) is 16.9. The van der Waals surface area contributed by atoms with Gasteiger partial charge in [0.25, 0.3) is 5.56 Å². The Morgan fingerprint density at radius 3 is 2.29 bits per heavy atom. The maximum atomic E-state index is 12.9. The number of H-pyrrole nitrogens is 1. The molecule has 3 aromatic rings. The Kier molecular flexibility index (Phi) is 7.02. The molecule has 4 rings (SSSR count). The number of hydrogen-bond acceptors (Lipinski definition) is 8. The first kappa shape index (κ1) is 24.2. The highest BCUT2D eigenvalue weighted by Crippen LogP contribution is 2.38. The number of aryl methyl sites for hydroxylation is 1. The van der Waals surface area contributed by atoms with Gasteiger partial charge in [0, 0.05) is 13.1 Å². The number of nitrogens with one attached hydrogen (secondary N) is 2. The topological polar surface area (TPSA) is 124 Å². The third-order valence-electron chi connectivity index (χ3n) is 6.27. The van der Waals surface area contributed by atoms with Crippen LogP contribution in [0.2, 0.25) is 0 Å². The summed E-state index contributed by atoms with van der Waals surface area (Å²) in [6.45, 7) is 0.728. The van der Waals surface area contributed by atoms with Gasteiger partial charge in [-0.1, -0.05) is 6.07 Å². The Labute approximate surface area is 202 Å². The molecule has 2 heterocycles. The molecule has 35 heavy (non-hydrogen) atoms. The molecule has 0 saturated carbocycles. The fraction of sp³-hybridized carbons (Fsp3) is 0.360. The molecule has 2 aromatic carbocycles. The standard InChI is InChI=1S/C25H29N3O7/c1-32-17-6-5-14(11-18(17)33-2)8-10-28-24(30)21(23(29)27-25(28)31)22-16-13-20(35-4)19(34-3)12-15(16)7-9-26-22/h5-6,11-13,22,26,30H,7-10H2,1-4H3,(H,27,29,31)/t22-/m1/s1. The van der Waals surface area contributed by atoms with Crippen LogP contribution < -0.4 is 35.5 Å². The smallest absolute Gasteiger partial charge is 0.331 e.